The Labute approximate surface area is 124 Å². The second-order valence-corrected chi connectivity index (χ2v) is 5.79. The van der Waals surface area contributed by atoms with Crippen molar-refractivity contribution in [2.24, 2.45) is 12.0 Å². The smallest absolute Gasteiger partial charge is 0.194 e. The highest BCUT2D eigenvalue weighted by atomic mass is 32.1. The van der Waals surface area contributed by atoms with Crippen LogP contribution in [0.4, 0.5) is 0 Å². The molecule has 0 unspecified atom stereocenters. The molecule has 0 bridgehead atoms. The molecule has 0 aliphatic rings. The Morgan fingerprint density at radius 3 is 2.90 bits per heavy atom. The molecule has 108 valence electrons. The highest BCUT2D eigenvalue weighted by Gasteiger charge is 2.09. The Kier molecular flexibility index (Phi) is 4.79. The van der Waals surface area contributed by atoms with Gasteiger partial charge in [-0.25, -0.2) is 4.98 Å². The van der Waals surface area contributed by atoms with Gasteiger partial charge in [0, 0.05) is 38.4 Å². The van der Waals surface area contributed by atoms with Gasteiger partial charge < -0.3 is 14.8 Å². The molecule has 6 heteroatoms. The van der Waals surface area contributed by atoms with E-state index < -0.39 is 0 Å². The van der Waals surface area contributed by atoms with Gasteiger partial charge in [-0.15, -0.1) is 11.3 Å². The van der Waals surface area contributed by atoms with Gasteiger partial charge in [-0.2, -0.15) is 0 Å². The zero-order valence-corrected chi connectivity index (χ0v) is 13.2. The molecule has 0 aliphatic heterocycles. The Morgan fingerprint density at radius 1 is 1.55 bits per heavy atom. The summed E-state index contributed by atoms with van der Waals surface area (Å²) in [5.41, 5.74) is 2.31. The topological polar surface area (TPSA) is 45.5 Å². The van der Waals surface area contributed by atoms with E-state index in [0.717, 1.165) is 29.8 Å². The van der Waals surface area contributed by atoms with E-state index >= 15 is 0 Å². The first-order valence-corrected chi connectivity index (χ1v) is 7.41. The summed E-state index contributed by atoms with van der Waals surface area (Å²) in [7, 11) is 5.87. The molecule has 0 saturated heterocycles. The van der Waals surface area contributed by atoms with Gasteiger partial charge in [0.2, 0.25) is 0 Å². The number of hydrogen-bond donors (Lipinski definition) is 1. The monoisotopic (exact) mass is 291 g/mol. The second kappa shape index (κ2) is 6.56. The maximum Gasteiger partial charge on any atom is 0.194 e. The summed E-state index contributed by atoms with van der Waals surface area (Å²) in [6, 6.07) is 4.14. The maximum atomic E-state index is 4.48. The number of aryl methyl sites for hydroxylation is 2. The molecule has 1 N–H and O–H groups in total. The van der Waals surface area contributed by atoms with Crippen LogP contribution in [0, 0.1) is 6.92 Å². The zero-order valence-electron chi connectivity index (χ0n) is 12.4. The number of rotatable bonds is 4. The number of nitrogens with zero attached hydrogens (tertiary/aromatic N) is 4. The lowest BCUT2D eigenvalue weighted by Gasteiger charge is -2.21. The van der Waals surface area contributed by atoms with Crippen LogP contribution in [0.1, 0.15) is 16.4 Å². The fraction of sp³-hybridized carbons (Fsp3) is 0.429. The molecule has 2 aromatic rings. The third-order valence-corrected chi connectivity index (χ3v) is 3.94. The zero-order chi connectivity index (χ0) is 14.5. The van der Waals surface area contributed by atoms with E-state index in [0.29, 0.717) is 0 Å². The van der Waals surface area contributed by atoms with Gasteiger partial charge in [-0.05, 0) is 19.1 Å². The van der Waals surface area contributed by atoms with Crippen molar-refractivity contribution in [1.29, 1.82) is 0 Å². The average Bonchev–Trinajstić information content (AvgIpc) is 3.00. The summed E-state index contributed by atoms with van der Waals surface area (Å²) in [4.78, 5) is 10.9. The quantitative estimate of drug-likeness (QED) is 0.692. The van der Waals surface area contributed by atoms with E-state index in [1.807, 2.05) is 33.3 Å². The second-order valence-electron chi connectivity index (χ2n) is 4.73. The number of thiazole rings is 1. The minimum Gasteiger partial charge on any atom is -0.353 e. The molecule has 0 radical (unpaired) electrons. The number of guanidine groups is 1. The maximum absolute atomic E-state index is 4.48. The summed E-state index contributed by atoms with van der Waals surface area (Å²) in [5, 5.41) is 6.56. The van der Waals surface area contributed by atoms with E-state index in [1.165, 1.54) is 5.69 Å². The molecule has 2 aromatic heterocycles. The molecule has 0 spiro atoms. The molecule has 2 heterocycles. The SMILES string of the molecule is CN=C(NCc1cccn1C)N(C)Cc1csc(C)n1. The third kappa shape index (κ3) is 3.60. The predicted molar refractivity (Wildman–Crippen MR) is 83.9 cm³/mol. The molecular weight excluding hydrogens is 270 g/mol. The minimum absolute atomic E-state index is 0.761. The van der Waals surface area contributed by atoms with Crippen molar-refractivity contribution in [3.63, 3.8) is 0 Å². The van der Waals surface area contributed by atoms with Crippen LogP contribution in [0.15, 0.2) is 28.7 Å². The van der Waals surface area contributed by atoms with E-state index in [4.69, 9.17) is 0 Å². The Bertz CT molecular complexity index is 584. The number of aromatic nitrogens is 2. The molecule has 0 fully saturated rings. The van der Waals surface area contributed by atoms with Gasteiger partial charge in [0.1, 0.15) is 0 Å². The highest BCUT2D eigenvalue weighted by molar-refractivity contribution is 7.09. The molecular formula is C14H21N5S. The van der Waals surface area contributed by atoms with Gasteiger partial charge in [0.15, 0.2) is 5.96 Å². The Morgan fingerprint density at radius 2 is 2.35 bits per heavy atom. The molecule has 20 heavy (non-hydrogen) atoms. The van der Waals surface area contributed by atoms with E-state index in [-0.39, 0.29) is 0 Å². The number of aliphatic imine (C=N–C) groups is 1. The Balaban J connectivity index is 1.93. The number of nitrogens with one attached hydrogen (secondary N) is 1. The molecule has 0 atom stereocenters. The summed E-state index contributed by atoms with van der Waals surface area (Å²) < 4.78 is 2.10. The van der Waals surface area contributed by atoms with Crippen molar-refractivity contribution >= 4 is 17.3 Å². The summed E-state index contributed by atoms with van der Waals surface area (Å²) in [6.45, 7) is 3.55. The summed E-state index contributed by atoms with van der Waals surface area (Å²) in [6.07, 6.45) is 2.04. The lowest BCUT2D eigenvalue weighted by atomic mass is 10.4. The first-order chi connectivity index (χ1) is 9.60. The van der Waals surface area contributed by atoms with Gasteiger partial charge in [0.05, 0.1) is 23.8 Å². The van der Waals surface area contributed by atoms with Gasteiger partial charge in [0.25, 0.3) is 0 Å². The lowest BCUT2D eigenvalue weighted by molar-refractivity contribution is 0.469. The van der Waals surface area contributed by atoms with E-state index in [9.17, 15) is 0 Å². The van der Waals surface area contributed by atoms with Crippen LogP contribution in [0.5, 0.6) is 0 Å². The average molecular weight is 291 g/mol. The largest absolute Gasteiger partial charge is 0.353 e. The van der Waals surface area contributed by atoms with E-state index in [2.05, 4.69) is 36.2 Å². The standard InChI is InChI=1S/C14H21N5S/c1-11-17-12(10-20-11)9-19(4)14(15-2)16-8-13-6-5-7-18(13)3/h5-7,10H,8-9H2,1-4H3,(H,15,16). The van der Waals surface area contributed by atoms with Crippen LogP contribution < -0.4 is 5.32 Å². The molecule has 2 rings (SSSR count). The first kappa shape index (κ1) is 14.6. The van der Waals surface area contributed by atoms with Crippen molar-refractivity contribution in [3.8, 4) is 0 Å². The lowest BCUT2D eigenvalue weighted by Crippen LogP contribution is -2.38. The van der Waals surface area contributed by atoms with E-state index in [1.54, 1.807) is 18.4 Å². The van der Waals surface area contributed by atoms with Crippen molar-refractivity contribution in [2.75, 3.05) is 14.1 Å². The van der Waals surface area contributed by atoms with Crippen molar-refractivity contribution in [3.05, 3.63) is 40.1 Å². The van der Waals surface area contributed by atoms with Crippen molar-refractivity contribution in [2.45, 2.75) is 20.0 Å². The number of hydrogen-bond acceptors (Lipinski definition) is 3. The summed E-state index contributed by atoms with van der Waals surface area (Å²) >= 11 is 1.68. The van der Waals surface area contributed by atoms with Crippen molar-refractivity contribution < 1.29 is 0 Å². The fourth-order valence-corrected chi connectivity index (χ4v) is 2.64. The van der Waals surface area contributed by atoms with Crippen LogP contribution in [-0.4, -0.2) is 34.5 Å². The summed E-state index contributed by atoms with van der Waals surface area (Å²) in [5.74, 6) is 0.872. The van der Waals surface area contributed by atoms with Crippen LogP contribution in [-0.2, 0) is 20.1 Å². The van der Waals surface area contributed by atoms with Crippen LogP contribution >= 0.6 is 11.3 Å². The van der Waals surface area contributed by atoms with Crippen LogP contribution in [0.25, 0.3) is 0 Å². The predicted octanol–water partition coefficient (Wildman–Crippen LogP) is 2.00. The fourth-order valence-electron chi connectivity index (χ4n) is 2.03. The third-order valence-electron chi connectivity index (χ3n) is 3.12. The van der Waals surface area contributed by atoms with Gasteiger partial charge in [-0.1, -0.05) is 0 Å². The minimum atomic E-state index is 0.761. The van der Waals surface area contributed by atoms with Gasteiger partial charge in [-0.3, -0.25) is 4.99 Å². The molecule has 0 saturated carbocycles. The molecule has 0 aromatic carbocycles. The first-order valence-electron chi connectivity index (χ1n) is 6.53. The Hall–Kier alpha value is -1.82. The van der Waals surface area contributed by atoms with Crippen LogP contribution in [0.2, 0.25) is 0 Å². The van der Waals surface area contributed by atoms with Crippen LogP contribution in [0.3, 0.4) is 0 Å². The van der Waals surface area contributed by atoms with Gasteiger partial charge >= 0.3 is 0 Å². The molecule has 0 aliphatic carbocycles. The molecule has 5 nitrogen and oxygen atoms in total. The highest BCUT2D eigenvalue weighted by Crippen LogP contribution is 2.09. The normalized spacial score (nSPS) is 11.7. The molecule has 0 amide bonds. The van der Waals surface area contributed by atoms with Crippen molar-refractivity contribution in [1.82, 2.24) is 19.8 Å².